The summed E-state index contributed by atoms with van der Waals surface area (Å²) in [7, 11) is -2.75. The number of nitrogens with zero attached hydrogens (tertiary/aromatic N) is 1. The molecule has 9 heteroatoms. The van der Waals surface area contributed by atoms with E-state index in [1.54, 1.807) is 19.1 Å². The number of aryl methyl sites for hydroxylation is 1. The predicted molar refractivity (Wildman–Crippen MR) is 133 cm³/mol. The second-order valence-electron chi connectivity index (χ2n) is 7.97. The highest BCUT2D eigenvalue weighted by Crippen LogP contribution is 2.33. The lowest BCUT2D eigenvalue weighted by Gasteiger charge is -2.25. The molecule has 0 bridgehead atoms. The third-order valence-corrected chi connectivity index (χ3v) is 8.05. The van der Waals surface area contributed by atoms with E-state index in [4.69, 9.17) is 27.9 Å². The fourth-order valence-electron chi connectivity index (χ4n) is 3.74. The molecule has 1 aliphatic rings. The highest BCUT2D eigenvalue weighted by molar-refractivity contribution is 7.93. The molecule has 0 radical (unpaired) electrons. The number of hydrogen-bond donors (Lipinski definition) is 1. The highest BCUT2D eigenvalue weighted by atomic mass is 35.5. The SMILES string of the molecule is COc1ccc(C)cc1S(=O)(=O)N(CC(=O)NCCC1=CCCCC1)c1ccc(Cl)c(Cl)c1. The molecule has 0 aliphatic heterocycles. The van der Waals surface area contributed by atoms with Gasteiger partial charge in [-0.2, -0.15) is 0 Å². The van der Waals surface area contributed by atoms with Gasteiger partial charge in [-0.05, 0) is 74.9 Å². The van der Waals surface area contributed by atoms with E-state index in [1.165, 1.54) is 49.8 Å². The first kappa shape index (κ1) is 25.4. The Balaban J connectivity index is 1.88. The molecule has 0 spiro atoms. The Labute approximate surface area is 205 Å². The van der Waals surface area contributed by atoms with E-state index in [1.807, 2.05) is 0 Å². The minimum Gasteiger partial charge on any atom is -0.495 e. The van der Waals surface area contributed by atoms with E-state index < -0.39 is 22.5 Å². The molecular weight excluding hydrogens is 483 g/mol. The summed E-state index contributed by atoms with van der Waals surface area (Å²) in [6.45, 7) is 1.83. The summed E-state index contributed by atoms with van der Waals surface area (Å²) in [6.07, 6.45) is 7.48. The molecule has 2 aromatic carbocycles. The van der Waals surface area contributed by atoms with Gasteiger partial charge in [0.15, 0.2) is 0 Å². The molecule has 0 fully saturated rings. The van der Waals surface area contributed by atoms with E-state index in [-0.39, 0.29) is 26.4 Å². The van der Waals surface area contributed by atoms with Crippen LogP contribution in [0.5, 0.6) is 5.75 Å². The monoisotopic (exact) mass is 510 g/mol. The van der Waals surface area contributed by atoms with Gasteiger partial charge in [0.2, 0.25) is 5.91 Å². The van der Waals surface area contributed by atoms with Crippen molar-refractivity contribution in [3.63, 3.8) is 0 Å². The number of sulfonamides is 1. The number of anilines is 1. The lowest BCUT2D eigenvalue weighted by atomic mass is 9.97. The zero-order chi connectivity index (χ0) is 24.0. The van der Waals surface area contributed by atoms with Gasteiger partial charge in [-0.3, -0.25) is 9.10 Å². The number of rotatable bonds is 9. The van der Waals surface area contributed by atoms with Crippen molar-refractivity contribution in [1.29, 1.82) is 0 Å². The van der Waals surface area contributed by atoms with E-state index in [2.05, 4.69) is 11.4 Å². The van der Waals surface area contributed by atoms with Gasteiger partial charge >= 0.3 is 0 Å². The largest absolute Gasteiger partial charge is 0.495 e. The molecule has 0 atom stereocenters. The van der Waals surface area contributed by atoms with Crippen LogP contribution in [0.25, 0.3) is 0 Å². The Bertz CT molecular complexity index is 1150. The van der Waals surface area contributed by atoms with Crippen LogP contribution >= 0.6 is 23.2 Å². The van der Waals surface area contributed by atoms with Crippen molar-refractivity contribution in [3.8, 4) is 5.75 Å². The van der Waals surface area contributed by atoms with Crippen molar-refractivity contribution in [2.45, 2.75) is 43.9 Å². The van der Waals surface area contributed by atoms with Crippen molar-refractivity contribution < 1.29 is 17.9 Å². The van der Waals surface area contributed by atoms with Gasteiger partial charge in [0.1, 0.15) is 17.2 Å². The number of carbonyl (C=O) groups is 1. The van der Waals surface area contributed by atoms with Gasteiger partial charge in [0.25, 0.3) is 10.0 Å². The first-order chi connectivity index (χ1) is 15.7. The maximum absolute atomic E-state index is 13.7. The molecule has 6 nitrogen and oxygen atoms in total. The van der Waals surface area contributed by atoms with Gasteiger partial charge < -0.3 is 10.1 Å². The first-order valence-electron chi connectivity index (χ1n) is 10.8. The van der Waals surface area contributed by atoms with Crippen LogP contribution in [0.15, 0.2) is 52.9 Å². The lowest BCUT2D eigenvalue weighted by Crippen LogP contribution is -2.41. The third kappa shape index (κ3) is 6.43. The second kappa shape index (κ2) is 11.3. The molecule has 1 aliphatic carbocycles. The van der Waals surface area contributed by atoms with E-state index in [9.17, 15) is 13.2 Å². The topological polar surface area (TPSA) is 75.7 Å². The fourth-order valence-corrected chi connectivity index (χ4v) is 5.69. The standard InChI is InChI=1S/C24H28Cl2N2O4S/c1-17-8-11-22(32-2)23(14-17)33(30,31)28(19-9-10-20(25)21(26)15-19)16-24(29)27-13-12-18-6-4-3-5-7-18/h6,8-11,14-15H,3-5,7,12-13,16H2,1-2H3,(H,27,29). The molecule has 178 valence electrons. The lowest BCUT2D eigenvalue weighted by molar-refractivity contribution is -0.119. The first-order valence-corrected chi connectivity index (χ1v) is 13.0. The average molecular weight is 511 g/mol. The van der Waals surface area contributed by atoms with Crippen LogP contribution in [0.2, 0.25) is 10.0 Å². The maximum atomic E-state index is 13.7. The normalized spacial score (nSPS) is 13.9. The minimum atomic E-state index is -4.16. The van der Waals surface area contributed by atoms with Crippen molar-refractivity contribution in [3.05, 3.63) is 63.7 Å². The number of allylic oxidation sites excluding steroid dienone is 1. The molecule has 1 N–H and O–H groups in total. The summed E-state index contributed by atoms with van der Waals surface area (Å²) in [5, 5.41) is 3.32. The quantitative estimate of drug-likeness (QED) is 0.451. The van der Waals surface area contributed by atoms with Gasteiger partial charge in [0, 0.05) is 6.54 Å². The van der Waals surface area contributed by atoms with Crippen LogP contribution in [0.3, 0.4) is 0 Å². The minimum absolute atomic E-state index is 0.0313. The second-order valence-corrected chi connectivity index (χ2v) is 10.6. The molecule has 3 rings (SSSR count). The third-order valence-electron chi connectivity index (χ3n) is 5.52. The van der Waals surface area contributed by atoms with Crippen molar-refractivity contribution >= 4 is 44.8 Å². The molecule has 2 aromatic rings. The zero-order valence-electron chi connectivity index (χ0n) is 18.7. The average Bonchev–Trinajstić information content (AvgIpc) is 2.80. The Hall–Kier alpha value is -2.22. The Morgan fingerprint density at radius 2 is 1.91 bits per heavy atom. The number of carbonyl (C=O) groups excluding carboxylic acids is 1. The van der Waals surface area contributed by atoms with Gasteiger partial charge in [-0.25, -0.2) is 8.42 Å². The van der Waals surface area contributed by atoms with Crippen LogP contribution in [-0.2, 0) is 14.8 Å². The summed E-state index contributed by atoms with van der Waals surface area (Å²) >= 11 is 12.2. The maximum Gasteiger partial charge on any atom is 0.268 e. The number of amides is 1. The summed E-state index contributed by atoms with van der Waals surface area (Å²) in [5.41, 5.74) is 2.31. The number of benzene rings is 2. The van der Waals surface area contributed by atoms with E-state index in [0.29, 0.717) is 6.54 Å². The molecule has 0 saturated heterocycles. The number of hydrogen-bond acceptors (Lipinski definition) is 4. The van der Waals surface area contributed by atoms with Crippen LogP contribution < -0.4 is 14.4 Å². The van der Waals surface area contributed by atoms with Gasteiger partial charge in [-0.15, -0.1) is 0 Å². The molecule has 0 saturated carbocycles. The predicted octanol–water partition coefficient (Wildman–Crippen LogP) is 5.51. The number of halogens is 2. The highest BCUT2D eigenvalue weighted by Gasteiger charge is 2.30. The van der Waals surface area contributed by atoms with Crippen LogP contribution in [-0.4, -0.2) is 34.5 Å². The summed E-state index contributed by atoms with van der Waals surface area (Å²) in [5.74, 6) is -0.219. The fraction of sp³-hybridized carbons (Fsp3) is 0.375. The smallest absolute Gasteiger partial charge is 0.268 e. The van der Waals surface area contributed by atoms with Gasteiger partial charge in [-0.1, -0.05) is 40.9 Å². The van der Waals surface area contributed by atoms with Crippen LogP contribution in [0.1, 0.15) is 37.7 Å². The summed E-state index contributed by atoms with van der Waals surface area (Å²) in [4.78, 5) is 12.8. The number of nitrogens with one attached hydrogen (secondary N) is 1. The molecule has 0 unspecified atom stereocenters. The number of methoxy groups -OCH3 is 1. The summed E-state index contributed by atoms with van der Waals surface area (Å²) < 4.78 is 33.7. The molecule has 0 aromatic heterocycles. The Morgan fingerprint density at radius 1 is 1.12 bits per heavy atom. The Kier molecular flexibility index (Phi) is 8.68. The molecule has 0 heterocycles. The van der Waals surface area contributed by atoms with Crippen molar-refractivity contribution in [2.75, 3.05) is 24.5 Å². The molecule has 1 amide bonds. The van der Waals surface area contributed by atoms with Crippen molar-refractivity contribution in [2.24, 2.45) is 0 Å². The number of ether oxygens (including phenoxy) is 1. The van der Waals surface area contributed by atoms with Gasteiger partial charge in [0.05, 0.1) is 22.8 Å². The van der Waals surface area contributed by atoms with Crippen LogP contribution in [0, 0.1) is 6.92 Å². The van der Waals surface area contributed by atoms with E-state index >= 15 is 0 Å². The van der Waals surface area contributed by atoms with E-state index in [0.717, 1.165) is 29.1 Å². The Morgan fingerprint density at radius 3 is 2.58 bits per heavy atom. The van der Waals surface area contributed by atoms with Crippen LogP contribution in [0.4, 0.5) is 5.69 Å². The molecule has 33 heavy (non-hydrogen) atoms. The summed E-state index contributed by atoms with van der Waals surface area (Å²) in [6, 6.07) is 9.33. The zero-order valence-corrected chi connectivity index (χ0v) is 21.1. The molecular formula is C24H28Cl2N2O4S. The van der Waals surface area contributed by atoms with Crippen molar-refractivity contribution in [1.82, 2.24) is 5.32 Å².